The highest BCUT2D eigenvalue weighted by Gasteiger charge is 2.20. The van der Waals surface area contributed by atoms with Gasteiger partial charge in [0.1, 0.15) is 12.4 Å². The standard InChI is InChI=1S/C16H19NO2S/c1-2-3-16-17-12(10-20-16)9-19-13-5-6-14-11(8-13)4-7-15(14)18/h5-6,8,10,15,18H,2-4,7,9H2,1H3/t15-/m1/s1. The van der Waals surface area contributed by atoms with Crippen molar-refractivity contribution in [2.24, 2.45) is 0 Å². The maximum absolute atomic E-state index is 9.78. The number of hydrogen-bond donors (Lipinski definition) is 1. The van der Waals surface area contributed by atoms with Gasteiger partial charge < -0.3 is 9.84 Å². The lowest BCUT2D eigenvalue weighted by molar-refractivity contribution is 0.180. The minimum Gasteiger partial charge on any atom is -0.487 e. The van der Waals surface area contributed by atoms with Gasteiger partial charge in [-0.3, -0.25) is 0 Å². The lowest BCUT2D eigenvalue weighted by Crippen LogP contribution is -1.97. The molecule has 4 heteroatoms. The van der Waals surface area contributed by atoms with Crippen LogP contribution >= 0.6 is 11.3 Å². The van der Waals surface area contributed by atoms with Crippen LogP contribution in [-0.2, 0) is 19.4 Å². The summed E-state index contributed by atoms with van der Waals surface area (Å²) >= 11 is 1.71. The highest BCUT2D eigenvalue weighted by Crippen LogP contribution is 2.33. The zero-order chi connectivity index (χ0) is 13.9. The third-order valence-electron chi connectivity index (χ3n) is 3.61. The Hall–Kier alpha value is -1.39. The van der Waals surface area contributed by atoms with Gasteiger partial charge in [0, 0.05) is 5.38 Å². The topological polar surface area (TPSA) is 42.4 Å². The van der Waals surface area contributed by atoms with E-state index in [1.165, 1.54) is 10.6 Å². The molecule has 0 fully saturated rings. The average Bonchev–Trinajstić information content (AvgIpc) is 3.04. The van der Waals surface area contributed by atoms with Gasteiger partial charge in [-0.1, -0.05) is 13.0 Å². The van der Waals surface area contributed by atoms with E-state index in [-0.39, 0.29) is 6.10 Å². The lowest BCUT2D eigenvalue weighted by atomic mass is 10.1. The number of fused-ring (bicyclic) bond motifs is 1. The maximum Gasteiger partial charge on any atom is 0.131 e. The molecule has 0 unspecified atom stereocenters. The molecule has 0 saturated carbocycles. The number of ether oxygens (including phenoxy) is 1. The molecule has 3 nitrogen and oxygen atoms in total. The number of aryl methyl sites for hydroxylation is 2. The van der Waals surface area contributed by atoms with E-state index in [0.29, 0.717) is 6.61 Å². The van der Waals surface area contributed by atoms with Crippen LogP contribution in [0.25, 0.3) is 0 Å². The third-order valence-corrected chi connectivity index (χ3v) is 4.57. The molecular formula is C16H19NO2S. The Morgan fingerprint density at radius 3 is 3.20 bits per heavy atom. The van der Waals surface area contributed by atoms with E-state index in [0.717, 1.165) is 42.7 Å². The van der Waals surface area contributed by atoms with Crippen molar-refractivity contribution in [3.8, 4) is 5.75 Å². The maximum atomic E-state index is 9.78. The van der Waals surface area contributed by atoms with E-state index in [9.17, 15) is 5.11 Å². The van der Waals surface area contributed by atoms with E-state index >= 15 is 0 Å². The quantitative estimate of drug-likeness (QED) is 0.913. The molecule has 1 aromatic carbocycles. The summed E-state index contributed by atoms with van der Waals surface area (Å²) in [6, 6.07) is 5.96. The first-order valence-corrected chi connectivity index (χ1v) is 8.01. The first-order valence-electron chi connectivity index (χ1n) is 7.13. The predicted molar refractivity (Wildman–Crippen MR) is 80.2 cm³/mol. The minimum atomic E-state index is -0.297. The van der Waals surface area contributed by atoms with Crippen LogP contribution in [0.1, 0.15) is 47.7 Å². The molecule has 0 radical (unpaired) electrons. The van der Waals surface area contributed by atoms with Crippen LogP contribution in [0.2, 0.25) is 0 Å². The Morgan fingerprint density at radius 2 is 2.35 bits per heavy atom. The van der Waals surface area contributed by atoms with Crippen molar-refractivity contribution in [2.75, 3.05) is 0 Å². The number of thiazole rings is 1. The Balaban J connectivity index is 1.63. The first-order chi connectivity index (χ1) is 9.76. The lowest BCUT2D eigenvalue weighted by Gasteiger charge is -2.08. The number of aliphatic hydroxyl groups is 1. The van der Waals surface area contributed by atoms with Gasteiger partial charge in [0.25, 0.3) is 0 Å². The molecule has 1 aliphatic rings. The molecule has 0 amide bonds. The molecule has 1 N–H and O–H groups in total. The van der Waals surface area contributed by atoms with Crippen molar-refractivity contribution in [2.45, 2.75) is 45.3 Å². The van der Waals surface area contributed by atoms with Crippen molar-refractivity contribution in [3.63, 3.8) is 0 Å². The van der Waals surface area contributed by atoms with Gasteiger partial charge in [-0.25, -0.2) is 4.98 Å². The molecular weight excluding hydrogens is 270 g/mol. The van der Waals surface area contributed by atoms with Gasteiger partial charge in [-0.05, 0) is 48.9 Å². The van der Waals surface area contributed by atoms with Crippen molar-refractivity contribution >= 4 is 11.3 Å². The molecule has 2 aromatic rings. The Bertz CT molecular complexity index is 594. The Labute approximate surface area is 123 Å². The van der Waals surface area contributed by atoms with Crippen molar-refractivity contribution in [1.82, 2.24) is 4.98 Å². The summed E-state index contributed by atoms with van der Waals surface area (Å²) in [6.07, 6.45) is 3.63. The van der Waals surface area contributed by atoms with Gasteiger partial charge in [0.15, 0.2) is 0 Å². The zero-order valence-corrected chi connectivity index (χ0v) is 12.4. The highest BCUT2D eigenvalue weighted by atomic mass is 32.1. The number of aromatic nitrogens is 1. The number of nitrogens with zero attached hydrogens (tertiary/aromatic N) is 1. The zero-order valence-electron chi connectivity index (χ0n) is 11.6. The van der Waals surface area contributed by atoms with Gasteiger partial charge in [-0.15, -0.1) is 11.3 Å². The SMILES string of the molecule is CCCc1nc(COc2ccc3c(c2)CC[C@H]3O)cs1. The summed E-state index contributed by atoms with van der Waals surface area (Å²) < 4.78 is 5.81. The highest BCUT2D eigenvalue weighted by molar-refractivity contribution is 7.09. The molecule has 106 valence electrons. The van der Waals surface area contributed by atoms with E-state index < -0.39 is 0 Å². The van der Waals surface area contributed by atoms with Crippen LogP contribution in [0.3, 0.4) is 0 Å². The van der Waals surface area contributed by atoms with Crippen molar-refractivity contribution in [1.29, 1.82) is 0 Å². The second kappa shape index (κ2) is 5.94. The van der Waals surface area contributed by atoms with Crippen molar-refractivity contribution in [3.05, 3.63) is 45.4 Å². The normalized spacial score (nSPS) is 17.2. The van der Waals surface area contributed by atoms with Gasteiger partial charge in [0.05, 0.1) is 16.8 Å². The molecule has 1 atom stereocenters. The van der Waals surface area contributed by atoms with Crippen LogP contribution in [-0.4, -0.2) is 10.1 Å². The summed E-state index contributed by atoms with van der Waals surface area (Å²) in [6.45, 7) is 2.68. The molecule has 3 rings (SSSR count). The number of benzene rings is 1. The second-order valence-electron chi connectivity index (χ2n) is 5.19. The van der Waals surface area contributed by atoms with Crippen LogP contribution in [0.5, 0.6) is 5.75 Å². The minimum absolute atomic E-state index is 0.297. The fourth-order valence-corrected chi connectivity index (χ4v) is 3.45. The average molecular weight is 289 g/mol. The van der Waals surface area contributed by atoms with E-state index in [1.807, 2.05) is 18.2 Å². The molecule has 1 aromatic heterocycles. The number of hydrogen-bond acceptors (Lipinski definition) is 4. The van der Waals surface area contributed by atoms with Crippen molar-refractivity contribution < 1.29 is 9.84 Å². The fourth-order valence-electron chi connectivity index (χ4n) is 2.56. The molecule has 0 saturated heterocycles. The summed E-state index contributed by atoms with van der Waals surface area (Å²) in [5.41, 5.74) is 3.26. The molecule has 20 heavy (non-hydrogen) atoms. The van der Waals surface area contributed by atoms with E-state index in [1.54, 1.807) is 11.3 Å². The summed E-state index contributed by atoms with van der Waals surface area (Å²) in [7, 11) is 0. The molecule has 1 heterocycles. The summed E-state index contributed by atoms with van der Waals surface area (Å²) in [5, 5.41) is 13.0. The predicted octanol–water partition coefficient (Wildman–Crippen LogP) is 3.65. The fraction of sp³-hybridized carbons (Fsp3) is 0.438. The molecule has 0 bridgehead atoms. The molecule has 0 aliphatic heterocycles. The van der Waals surface area contributed by atoms with Crippen LogP contribution in [0, 0.1) is 0 Å². The van der Waals surface area contributed by atoms with Gasteiger partial charge >= 0.3 is 0 Å². The number of rotatable bonds is 5. The van der Waals surface area contributed by atoms with Crippen LogP contribution in [0.4, 0.5) is 0 Å². The summed E-state index contributed by atoms with van der Waals surface area (Å²) in [4.78, 5) is 4.55. The first kappa shape index (κ1) is 13.6. The molecule has 0 spiro atoms. The Morgan fingerprint density at radius 1 is 1.45 bits per heavy atom. The largest absolute Gasteiger partial charge is 0.487 e. The number of aliphatic hydroxyl groups excluding tert-OH is 1. The second-order valence-corrected chi connectivity index (χ2v) is 6.13. The van der Waals surface area contributed by atoms with Gasteiger partial charge in [0.2, 0.25) is 0 Å². The Kier molecular flexibility index (Phi) is 4.03. The molecule has 1 aliphatic carbocycles. The third kappa shape index (κ3) is 2.86. The van der Waals surface area contributed by atoms with E-state index in [2.05, 4.69) is 17.3 Å². The monoisotopic (exact) mass is 289 g/mol. The summed E-state index contributed by atoms with van der Waals surface area (Å²) in [5.74, 6) is 0.864. The van der Waals surface area contributed by atoms with Crippen LogP contribution in [0.15, 0.2) is 23.6 Å². The van der Waals surface area contributed by atoms with E-state index in [4.69, 9.17) is 4.74 Å². The van der Waals surface area contributed by atoms with Gasteiger partial charge in [-0.2, -0.15) is 0 Å². The van der Waals surface area contributed by atoms with Crippen LogP contribution < -0.4 is 4.74 Å². The smallest absolute Gasteiger partial charge is 0.131 e.